The van der Waals surface area contributed by atoms with Gasteiger partial charge in [0.25, 0.3) is 0 Å². The molecule has 0 fully saturated rings. The number of nitrogens with zero attached hydrogens (tertiary/aromatic N) is 1. The number of hydrogen-bond donors (Lipinski definition) is 1. The van der Waals surface area contributed by atoms with Crippen LogP contribution in [0.1, 0.15) is 20.3 Å². The van der Waals surface area contributed by atoms with E-state index in [9.17, 15) is 13.2 Å². The summed E-state index contributed by atoms with van der Waals surface area (Å²) in [6, 6.07) is 0. The maximum atomic E-state index is 10.8. The van der Waals surface area contributed by atoms with Gasteiger partial charge in [0.15, 0.2) is 0 Å². The first-order valence-electron chi connectivity index (χ1n) is 5.69. The van der Waals surface area contributed by atoms with E-state index in [2.05, 4.69) is 10.8 Å². The van der Waals surface area contributed by atoms with E-state index in [4.69, 9.17) is 9.29 Å². The van der Waals surface area contributed by atoms with Gasteiger partial charge in [0.2, 0.25) is 0 Å². The van der Waals surface area contributed by atoms with E-state index in [1.54, 1.807) is 13.8 Å². The predicted octanol–water partition coefficient (Wildman–Crippen LogP) is 0.883. The SMILES string of the molecule is C=C(C)C(=O)OCCN(C)C.CCCOS(=O)(=O)O. The van der Waals surface area contributed by atoms with Gasteiger partial charge >= 0.3 is 16.4 Å². The van der Waals surface area contributed by atoms with Crippen LogP contribution < -0.4 is 0 Å². The predicted molar refractivity (Wildman–Crippen MR) is 72.1 cm³/mol. The van der Waals surface area contributed by atoms with Crippen LogP contribution in [0.5, 0.6) is 0 Å². The van der Waals surface area contributed by atoms with Crippen molar-refractivity contribution in [1.82, 2.24) is 4.90 Å². The lowest BCUT2D eigenvalue weighted by Gasteiger charge is -2.09. The van der Waals surface area contributed by atoms with Crippen molar-refractivity contribution in [1.29, 1.82) is 0 Å². The second-order valence-corrected chi connectivity index (χ2v) is 5.06. The molecule has 0 aliphatic rings. The van der Waals surface area contributed by atoms with Crippen LogP contribution in [0.3, 0.4) is 0 Å². The van der Waals surface area contributed by atoms with Gasteiger partial charge in [-0.25, -0.2) is 8.98 Å². The molecular weight excluding hydrogens is 274 g/mol. The molecule has 0 bridgehead atoms. The van der Waals surface area contributed by atoms with Gasteiger partial charge in [0, 0.05) is 12.1 Å². The molecule has 0 saturated carbocycles. The van der Waals surface area contributed by atoms with E-state index in [1.165, 1.54) is 0 Å². The molecule has 0 aliphatic carbocycles. The zero-order valence-electron chi connectivity index (χ0n) is 11.9. The van der Waals surface area contributed by atoms with E-state index >= 15 is 0 Å². The lowest BCUT2D eigenvalue weighted by atomic mass is 10.4. The summed E-state index contributed by atoms with van der Waals surface area (Å²) < 4.78 is 36.1. The van der Waals surface area contributed by atoms with Crippen molar-refractivity contribution in [2.24, 2.45) is 0 Å². The average molecular weight is 297 g/mol. The Balaban J connectivity index is 0. The smallest absolute Gasteiger partial charge is 0.397 e. The van der Waals surface area contributed by atoms with E-state index in [-0.39, 0.29) is 12.6 Å². The highest BCUT2D eigenvalue weighted by molar-refractivity contribution is 7.80. The Morgan fingerprint density at radius 1 is 1.32 bits per heavy atom. The van der Waals surface area contributed by atoms with Gasteiger partial charge in [-0.1, -0.05) is 13.5 Å². The molecule has 0 aromatic heterocycles. The summed E-state index contributed by atoms with van der Waals surface area (Å²) in [4.78, 5) is 12.7. The van der Waals surface area contributed by atoms with Crippen molar-refractivity contribution in [2.75, 3.05) is 33.9 Å². The average Bonchev–Trinajstić information content (AvgIpc) is 2.25. The van der Waals surface area contributed by atoms with Crippen LogP contribution in [-0.4, -0.2) is 57.7 Å². The Labute approximate surface area is 115 Å². The third kappa shape index (κ3) is 19.6. The normalized spacial score (nSPS) is 10.6. The van der Waals surface area contributed by atoms with Crippen molar-refractivity contribution in [3.05, 3.63) is 12.2 Å². The first-order valence-corrected chi connectivity index (χ1v) is 7.05. The summed E-state index contributed by atoms with van der Waals surface area (Å²) in [6.07, 6.45) is 0.569. The minimum Gasteiger partial charge on any atom is -0.461 e. The maximum Gasteiger partial charge on any atom is 0.397 e. The number of ether oxygens (including phenoxy) is 1. The highest BCUT2D eigenvalue weighted by Gasteiger charge is 2.01. The van der Waals surface area contributed by atoms with Gasteiger partial charge in [-0.3, -0.25) is 4.55 Å². The molecule has 0 saturated heterocycles. The molecule has 8 heteroatoms. The third-order valence-corrected chi connectivity index (χ3v) is 2.02. The number of carbonyl (C=O) groups excluding carboxylic acids is 1. The van der Waals surface area contributed by atoms with Crippen molar-refractivity contribution in [3.8, 4) is 0 Å². The quantitative estimate of drug-likeness (QED) is 0.423. The molecule has 19 heavy (non-hydrogen) atoms. The molecular formula is C11H23NO6S. The van der Waals surface area contributed by atoms with Crippen molar-refractivity contribution in [2.45, 2.75) is 20.3 Å². The number of likely N-dealkylation sites (N-methyl/N-ethyl adjacent to an activating group) is 1. The van der Waals surface area contributed by atoms with Crippen LogP contribution in [0, 0.1) is 0 Å². The molecule has 0 atom stereocenters. The minimum atomic E-state index is -4.19. The van der Waals surface area contributed by atoms with Crippen LogP contribution in [-0.2, 0) is 24.1 Å². The van der Waals surface area contributed by atoms with E-state index in [0.717, 1.165) is 6.54 Å². The molecule has 0 unspecified atom stereocenters. The van der Waals surface area contributed by atoms with Gasteiger partial charge in [-0.15, -0.1) is 0 Å². The lowest BCUT2D eigenvalue weighted by molar-refractivity contribution is -0.139. The van der Waals surface area contributed by atoms with Gasteiger partial charge in [-0.2, -0.15) is 8.42 Å². The van der Waals surface area contributed by atoms with Crippen molar-refractivity contribution < 1.29 is 26.7 Å². The minimum absolute atomic E-state index is 0.0405. The second kappa shape index (κ2) is 10.9. The third-order valence-electron chi connectivity index (χ3n) is 1.56. The highest BCUT2D eigenvalue weighted by atomic mass is 32.3. The maximum absolute atomic E-state index is 10.8. The largest absolute Gasteiger partial charge is 0.461 e. The molecule has 114 valence electrons. The molecule has 1 N–H and O–H groups in total. The van der Waals surface area contributed by atoms with E-state index in [1.807, 2.05) is 19.0 Å². The van der Waals surface area contributed by atoms with E-state index < -0.39 is 10.4 Å². The summed E-state index contributed by atoms with van der Waals surface area (Å²) in [5.41, 5.74) is 0.448. The van der Waals surface area contributed by atoms with Crippen LogP contribution in [0.2, 0.25) is 0 Å². The monoisotopic (exact) mass is 297 g/mol. The Bertz CT molecular complexity index is 363. The molecule has 0 aromatic carbocycles. The van der Waals surface area contributed by atoms with Gasteiger partial charge < -0.3 is 9.64 Å². The fourth-order valence-corrected chi connectivity index (χ4v) is 1.01. The fraction of sp³-hybridized carbons (Fsp3) is 0.727. The Morgan fingerprint density at radius 3 is 2.11 bits per heavy atom. The topological polar surface area (TPSA) is 93.1 Å². The summed E-state index contributed by atoms with van der Waals surface area (Å²) in [5, 5.41) is 0. The fourth-order valence-electron chi connectivity index (χ4n) is 0.633. The zero-order valence-corrected chi connectivity index (χ0v) is 12.7. The molecule has 0 heterocycles. The first kappa shape index (κ1) is 20.4. The molecule has 0 rings (SSSR count). The Morgan fingerprint density at radius 2 is 1.84 bits per heavy atom. The molecule has 0 amide bonds. The number of hydrogen-bond acceptors (Lipinski definition) is 6. The van der Waals surface area contributed by atoms with Crippen molar-refractivity contribution >= 4 is 16.4 Å². The Hall–Kier alpha value is -0.960. The van der Waals surface area contributed by atoms with Crippen LogP contribution in [0.25, 0.3) is 0 Å². The van der Waals surface area contributed by atoms with Crippen molar-refractivity contribution in [3.63, 3.8) is 0 Å². The standard InChI is InChI=1S/C8H15NO2.C3H8O4S/c1-7(2)8(10)11-6-5-9(3)4;1-2-3-7-8(4,5)6/h1,5-6H2,2-4H3;2-3H2,1H3,(H,4,5,6). The second-order valence-electron chi connectivity index (χ2n) is 3.97. The molecule has 7 nitrogen and oxygen atoms in total. The molecule has 0 radical (unpaired) electrons. The number of rotatable bonds is 7. The van der Waals surface area contributed by atoms with Gasteiger partial charge in [0.05, 0.1) is 6.61 Å². The van der Waals surface area contributed by atoms with Gasteiger partial charge in [-0.05, 0) is 27.4 Å². The molecule has 0 aromatic rings. The van der Waals surface area contributed by atoms with Crippen LogP contribution in [0.4, 0.5) is 0 Å². The first-order chi connectivity index (χ1) is 8.60. The number of carbonyl (C=O) groups is 1. The lowest BCUT2D eigenvalue weighted by Crippen LogP contribution is -2.20. The van der Waals surface area contributed by atoms with Crippen LogP contribution in [0.15, 0.2) is 12.2 Å². The van der Waals surface area contributed by atoms with E-state index in [0.29, 0.717) is 18.6 Å². The highest BCUT2D eigenvalue weighted by Crippen LogP contribution is 1.91. The summed E-state index contributed by atoms with van der Waals surface area (Å²) in [5.74, 6) is -0.313. The van der Waals surface area contributed by atoms with Crippen LogP contribution >= 0.6 is 0 Å². The molecule has 0 aliphatic heterocycles. The Kier molecular flexibility index (Phi) is 11.7. The summed E-state index contributed by atoms with van der Waals surface area (Å²) >= 11 is 0. The van der Waals surface area contributed by atoms with Gasteiger partial charge in [0.1, 0.15) is 6.61 Å². The summed E-state index contributed by atoms with van der Waals surface area (Å²) in [7, 11) is -0.336. The zero-order chi connectivity index (χ0) is 15.5. The number of esters is 1. The summed E-state index contributed by atoms with van der Waals surface area (Å²) in [6.45, 7) is 8.06. The molecule has 0 spiro atoms.